The minimum absolute atomic E-state index is 0.198. The summed E-state index contributed by atoms with van der Waals surface area (Å²) < 4.78 is 5.02. The molecule has 5 heteroatoms. The Balaban J connectivity index is 2.41. The number of furan rings is 1. The molecule has 5 N–H and O–H groups in total. The molecular formula is C11H12ClN3O. The van der Waals surface area contributed by atoms with Crippen molar-refractivity contribution in [2.75, 3.05) is 5.73 Å². The van der Waals surface area contributed by atoms with E-state index in [4.69, 9.17) is 27.6 Å². The molecule has 16 heavy (non-hydrogen) atoms. The highest BCUT2D eigenvalue weighted by atomic mass is 35.5. The Morgan fingerprint density at radius 3 is 2.69 bits per heavy atom. The third-order valence-electron chi connectivity index (χ3n) is 2.40. The Morgan fingerprint density at radius 1 is 1.31 bits per heavy atom. The molecule has 1 heterocycles. The molecule has 84 valence electrons. The van der Waals surface area contributed by atoms with Crippen molar-refractivity contribution in [2.45, 2.75) is 6.04 Å². The van der Waals surface area contributed by atoms with Crippen molar-refractivity contribution in [3.05, 3.63) is 52.9 Å². The summed E-state index contributed by atoms with van der Waals surface area (Å²) in [6.45, 7) is 0. The zero-order chi connectivity index (χ0) is 11.5. The highest BCUT2D eigenvalue weighted by Crippen LogP contribution is 2.28. The van der Waals surface area contributed by atoms with Crippen LogP contribution in [-0.2, 0) is 0 Å². The molecule has 0 fully saturated rings. The van der Waals surface area contributed by atoms with Crippen molar-refractivity contribution >= 4 is 17.3 Å². The lowest BCUT2D eigenvalue weighted by Crippen LogP contribution is -2.29. The van der Waals surface area contributed by atoms with Gasteiger partial charge in [-0.3, -0.25) is 5.84 Å². The van der Waals surface area contributed by atoms with Crippen LogP contribution in [0.4, 0.5) is 5.69 Å². The Hall–Kier alpha value is -1.49. The van der Waals surface area contributed by atoms with Crippen LogP contribution in [-0.4, -0.2) is 0 Å². The molecule has 0 saturated carbocycles. The summed E-state index contributed by atoms with van der Waals surface area (Å²) in [7, 11) is 0. The van der Waals surface area contributed by atoms with Gasteiger partial charge in [-0.05, 0) is 23.8 Å². The number of nitrogens with two attached hydrogens (primary N) is 2. The first kappa shape index (κ1) is 11.0. The van der Waals surface area contributed by atoms with E-state index < -0.39 is 0 Å². The molecule has 0 saturated heterocycles. The lowest BCUT2D eigenvalue weighted by molar-refractivity contribution is 0.553. The van der Waals surface area contributed by atoms with E-state index >= 15 is 0 Å². The number of nitrogens with one attached hydrogen (secondary N) is 1. The van der Waals surface area contributed by atoms with Gasteiger partial charge in [0.1, 0.15) is 0 Å². The van der Waals surface area contributed by atoms with E-state index in [-0.39, 0.29) is 6.04 Å². The SMILES string of the molecule is NNC(c1ccoc1)c1ccc(Cl)cc1N. The maximum absolute atomic E-state index is 5.89. The van der Waals surface area contributed by atoms with Gasteiger partial charge in [-0.2, -0.15) is 0 Å². The molecule has 2 rings (SSSR count). The molecule has 1 aromatic carbocycles. The topological polar surface area (TPSA) is 77.2 Å². The van der Waals surface area contributed by atoms with Gasteiger partial charge in [0.15, 0.2) is 0 Å². The normalized spacial score (nSPS) is 12.6. The largest absolute Gasteiger partial charge is 0.472 e. The number of hydrogen-bond donors (Lipinski definition) is 3. The Kier molecular flexibility index (Phi) is 3.14. The monoisotopic (exact) mass is 237 g/mol. The number of benzene rings is 1. The molecule has 1 atom stereocenters. The minimum Gasteiger partial charge on any atom is -0.472 e. The van der Waals surface area contributed by atoms with Gasteiger partial charge in [-0.1, -0.05) is 17.7 Å². The van der Waals surface area contributed by atoms with E-state index in [1.54, 1.807) is 24.7 Å². The summed E-state index contributed by atoms with van der Waals surface area (Å²) in [5, 5.41) is 0.601. The number of hydrogen-bond acceptors (Lipinski definition) is 4. The molecule has 0 aliphatic carbocycles. The van der Waals surface area contributed by atoms with Crippen molar-refractivity contribution in [3.63, 3.8) is 0 Å². The Labute approximate surface area is 98.2 Å². The highest BCUT2D eigenvalue weighted by Gasteiger charge is 2.16. The Bertz CT molecular complexity index is 470. The van der Waals surface area contributed by atoms with Gasteiger partial charge in [-0.15, -0.1) is 0 Å². The van der Waals surface area contributed by atoms with Crippen molar-refractivity contribution in [1.29, 1.82) is 0 Å². The summed E-state index contributed by atoms with van der Waals surface area (Å²) >= 11 is 5.84. The first-order valence-corrected chi connectivity index (χ1v) is 5.13. The first-order valence-electron chi connectivity index (χ1n) is 4.75. The van der Waals surface area contributed by atoms with Crippen LogP contribution >= 0.6 is 11.6 Å². The average molecular weight is 238 g/mol. The zero-order valence-electron chi connectivity index (χ0n) is 8.48. The van der Waals surface area contributed by atoms with Crippen molar-refractivity contribution in [3.8, 4) is 0 Å². The number of hydrazine groups is 1. The van der Waals surface area contributed by atoms with Gasteiger partial charge in [0.05, 0.1) is 18.6 Å². The summed E-state index contributed by atoms with van der Waals surface area (Å²) in [5.74, 6) is 5.52. The van der Waals surface area contributed by atoms with Crippen LogP contribution in [0.1, 0.15) is 17.2 Å². The number of rotatable bonds is 3. The van der Waals surface area contributed by atoms with Crippen LogP contribution < -0.4 is 17.0 Å². The fraction of sp³-hybridized carbons (Fsp3) is 0.0909. The van der Waals surface area contributed by atoms with Crippen LogP contribution in [0.15, 0.2) is 41.2 Å². The lowest BCUT2D eigenvalue weighted by Gasteiger charge is -2.16. The van der Waals surface area contributed by atoms with Crippen LogP contribution in [0.2, 0.25) is 5.02 Å². The van der Waals surface area contributed by atoms with Gasteiger partial charge in [0.25, 0.3) is 0 Å². The molecule has 0 radical (unpaired) electrons. The Morgan fingerprint density at radius 2 is 2.12 bits per heavy atom. The van der Waals surface area contributed by atoms with Crippen LogP contribution in [0, 0.1) is 0 Å². The molecule has 2 aromatic rings. The minimum atomic E-state index is -0.198. The van der Waals surface area contributed by atoms with Gasteiger partial charge in [-0.25, -0.2) is 5.43 Å². The average Bonchev–Trinajstić information content (AvgIpc) is 2.75. The summed E-state index contributed by atoms with van der Waals surface area (Å²) in [5.41, 5.74) is 11.0. The molecule has 0 spiro atoms. The molecular weight excluding hydrogens is 226 g/mol. The maximum Gasteiger partial charge on any atom is 0.0954 e. The second-order valence-electron chi connectivity index (χ2n) is 3.43. The molecule has 1 unspecified atom stereocenters. The second-order valence-corrected chi connectivity index (χ2v) is 3.87. The molecule has 4 nitrogen and oxygen atoms in total. The van der Waals surface area contributed by atoms with E-state index in [2.05, 4.69) is 5.43 Å². The highest BCUT2D eigenvalue weighted by molar-refractivity contribution is 6.30. The van der Waals surface area contributed by atoms with Crippen LogP contribution in [0.3, 0.4) is 0 Å². The van der Waals surface area contributed by atoms with Gasteiger partial charge >= 0.3 is 0 Å². The molecule has 0 aliphatic rings. The molecule has 0 bridgehead atoms. The fourth-order valence-electron chi connectivity index (χ4n) is 1.61. The maximum atomic E-state index is 5.89. The summed E-state index contributed by atoms with van der Waals surface area (Å²) in [6, 6.07) is 6.95. The zero-order valence-corrected chi connectivity index (χ0v) is 9.24. The quantitative estimate of drug-likeness (QED) is 0.434. The summed E-state index contributed by atoms with van der Waals surface area (Å²) in [6.07, 6.45) is 3.21. The third kappa shape index (κ3) is 2.04. The van der Waals surface area contributed by atoms with Gasteiger partial charge < -0.3 is 10.2 Å². The predicted molar refractivity (Wildman–Crippen MR) is 63.7 cm³/mol. The molecule has 0 amide bonds. The van der Waals surface area contributed by atoms with Crippen molar-refractivity contribution < 1.29 is 4.42 Å². The third-order valence-corrected chi connectivity index (χ3v) is 2.64. The van der Waals surface area contributed by atoms with E-state index in [0.29, 0.717) is 10.7 Å². The van der Waals surface area contributed by atoms with Gasteiger partial charge in [0, 0.05) is 16.3 Å². The van der Waals surface area contributed by atoms with Crippen molar-refractivity contribution in [1.82, 2.24) is 5.43 Å². The standard InChI is InChI=1S/C11H12ClN3O/c12-8-1-2-9(10(13)5-8)11(15-14)7-3-4-16-6-7/h1-6,11,15H,13-14H2. The second kappa shape index (κ2) is 4.57. The van der Waals surface area contributed by atoms with E-state index in [9.17, 15) is 0 Å². The van der Waals surface area contributed by atoms with E-state index in [1.807, 2.05) is 12.1 Å². The van der Waals surface area contributed by atoms with Crippen LogP contribution in [0.5, 0.6) is 0 Å². The molecule has 1 aromatic heterocycles. The van der Waals surface area contributed by atoms with Crippen LogP contribution in [0.25, 0.3) is 0 Å². The number of nitrogen functional groups attached to an aromatic ring is 1. The smallest absolute Gasteiger partial charge is 0.0954 e. The van der Waals surface area contributed by atoms with E-state index in [0.717, 1.165) is 11.1 Å². The first-order chi connectivity index (χ1) is 7.72. The lowest BCUT2D eigenvalue weighted by atomic mass is 10.0. The number of halogens is 1. The van der Waals surface area contributed by atoms with Crippen molar-refractivity contribution in [2.24, 2.45) is 5.84 Å². The molecule has 0 aliphatic heterocycles. The van der Waals surface area contributed by atoms with E-state index in [1.165, 1.54) is 0 Å². The number of anilines is 1. The summed E-state index contributed by atoms with van der Waals surface area (Å²) in [4.78, 5) is 0. The van der Waals surface area contributed by atoms with Gasteiger partial charge in [0.2, 0.25) is 0 Å². The fourth-order valence-corrected chi connectivity index (χ4v) is 1.79. The predicted octanol–water partition coefficient (Wildman–Crippen LogP) is 2.07.